The largest absolute Gasteiger partial charge is 0.481 e. The normalized spacial score (nSPS) is 12.6. The second-order valence-electron chi connectivity index (χ2n) is 6.61. The van der Waals surface area contributed by atoms with Crippen LogP contribution in [0, 0.1) is 13.8 Å². The minimum absolute atomic E-state index is 0.202. The number of ether oxygens (including phenoxy) is 1. The van der Waals surface area contributed by atoms with Crippen molar-refractivity contribution in [3.63, 3.8) is 0 Å². The van der Waals surface area contributed by atoms with Gasteiger partial charge in [-0.25, -0.2) is 8.42 Å². The number of hydrogen-bond acceptors (Lipinski definition) is 4. The molecule has 152 valence electrons. The molecule has 2 aromatic carbocycles. The smallest absolute Gasteiger partial charge is 0.265 e. The van der Waals surface area contributed by atoms with Gasteiger partial charge in [0.1, 0.15) is 5.75 Å². The van der Waals surface area contributed by atoms with E-state index in [1.54, 1.807) is 32.9 Å². The minimum Gasteiger partial charge on any atom is -0.481 e. The summed E-state index contributed by atoms with van der Waals surface area (Å²) in [5.41, 5.74) is 2.76. The van der Waals surface area contributed by atoms with E-state index in [0.29, 0.717) is 24.5 Å². The van der Waals surface area contributed by atoms with Gasteiger partial charge in [0.15, 0.2) is 6.10 Å². The SMILES string of the molecule is CCN(CC)S(=O)(=O)c1ccc(NC(=O)C(C)Oc2ccc(C)c(C)c2)cc1. The summed E-state index contributed by atoms with van der Waals surface area (Å²) in [4.78, 5) is 12.6. The molecular weight excluding hydrogens is 376 g/mol. The van der Waals surface area contributed by atoms with Crippen LogP contribution in [0.4, 0.5) is 5.69 Å². The van der Waals surface area contributed by atoms with E-state index in [4.69, 9.17) is 4.74 Å². The maximum Gasteiger partial charge on any atom is 0.265 e. The second kappa shape index (κ2) is 9.21. The summed E-state index contributed by atoms with van der Waals surface area (Å²) in [6, 6.07) is 11.8. The Bertz CT molecular complexity index is 920. The molecule has 0 aliphatic rings. The van der Waals surface area contributed by atoms with Crippen molar-refractivity contribution < 1.29 is 17.9 Å². The number of carbonyl (C=O) groups is 1. The van der Waals surface area contributed by atoms with Crippen LogP contribution in [0.5, 0.6) is 5.75 Å². The van der Waals surface area contributed by atoms with Crippen LogP contribution < -0.4 is 10.1 Å². The Morgan fingerprint density at radius 2 is 1.64 bits per heavy atom. The first-order valence-electron chi connectivity index (χ1n) is 9.34. The van der Waals surface area contributed by atoms with E-state index in [1.165, 1.54) is 16.4 Å². The number of anilines is 1. The molecule has 0 heterocycles. The lowest BCUT2D eigenvalue weighted by Gasteiger charge is -2.19. The summed E-state index contributed by atoms with van der Waals surface area (Å²) in [7, 11) is -3.52. The molecule has 28 heavy (non-hydrogen) atoms. The molecule has 0 saturated heterocycles. The standard InChI is InChI=1S/C21H28N2O4S/c1-6-23(7-2)28(25,26)20-12-9-18(10-13-20)22-21(24)17(5)27-19-11-8-15(3)16(4)14-19/h8-14,17H,6-7H2,1-5H3,(H,22,24). The zero-order valence-corrected chi connectivity index (χ0v) is 17.8. The first-order chi connectivity index (χ1) is 13.2. The molecule has 7 heteroatoms. The molecule has 0 fully saturated rings. The monoisotopic (exact) mass is 404 g/mol. The predicted molar refractivity (Wildman–Crippen MR) is 111 cm³/mol. The van der Waals surface area contributed by atoms with Crippen molar-refractivity contribution in [1.29, 1.82) is 0 Å². The Labute approximate surface area is 167 Å². The van der Waals surface area contributed by atoms with Gasteiger partial charge in [-0.3, -0.25) is 4.79 Å². The van der Waals surface area contributed by atoms with Crippen LogP contribution in [0.3, 0.4) is 0 Å². The van der Waals surface area contributed by atoms with Crippen LogP contribution >= 0.6 is 0 Å². The molecule has 0 aliphatic heterocycles. The highest BCUT2D eigenvalue weighted by molar-refractivity contribution is 7.89. The van der Waals surface area contributed by atoms with E-state index in [0.717, 1.165) is 11.1 Å². The zero-order chi connectivity index (χ0) is 20.9. The Morgan fingerprint density at radius 3 is 2.18 bits per heavy atom. The fourth-order valence-electron chi connectivity index (χ4n) is 2.71. The van der Waals surface area contributed by atoms with Gasteiger partial charge in [0.25, 0.3) is 5.91 Å². The predicted octanol–water partition coefficient (Wildman–Crippen LogP) is 3.74. The number of hydrogen-bond donors (Lipinski definition) is 1. The lowest BCUT2D eigenvalue weighted by atomic mass is 10.1. The van der Waals surface area contributed by atoms with Crippen molar-refractivity contribution in [2.45, 2.75) is 45.6 Å². The molecule has 1 atom stereocenters. The molecule has 6 nitrogen and oxygen atoms in total. The molecule has 2 aromatic rings. The maximum absolute atomic E-state index is 12.5. The lowest BCUT2D eigenvalue weighted by molar-refractivity contribution is -0.122. The number of amides is 1. The fourth-order valence-corrected chi connectivity index (χ4v) is 4.17. The van der Waals surface area contributed by atoms with Crippen LogP contribution in [-0.2, 0) is 14.8 Å². The van der Waals surface area contributed by atoms with E-state index < -0.39 is 16.1 Å². The van der Waals surface area contributed by atoms with Gasteiger partial charge in [0.2, 0.25) is 10.0 Å². The van der Waals surface area contributed by atoms with Crippen LogP contribution in [0.25, 0.3) is 0 Å². The van der Waals surface area contributed by atoms with Gasteiger partial charge in [0.05, 0.1) is 4.90 Å². The van der Waals surface area contributed by atoms with Gasteiger partial charge < -0.3 is 10.1 Å². The molecule has 0 aliphatic carbocycles. The zero-order valence-electron chi connectivity index (χ0n) is 17.0. The highest BCUT2D eigenvalue weighted by atomic mass is 32.2. The molecule has 0 spiro atoms. The molecule has 0 bridgehead atoms. The molecule has 1 amide bonds. The van der Waals surface area contributed by atoms with Gasteiger partial charge in [0, 0.05) is 18.8 Å². The average molecular weight is 405 g/mol. The van der Waals surface area contributed by atoms with Gasteiger partial charge in [-0.1, -0.05) is 19.9 Å². The first kappa shape index (κ1) is 21.9. The van der Waals surface area contributed by atoms with Crippen molar-refractivity contribution in [3.8, 4) is 5.75 Å². The third-order valence-electron chi connectivity index (χ3n) is 4.63. The Balaban J connectivity index is 2.04. The Hall–Kier alpha value is -2.38. The minimum atomic E-state index is -3.52. The van der Waals surface area contributed by atoms with Crippen LogP contribution in [0.15, 0.2) is 47.4 Å². The number of sulfonamides is 1. The van der Waals surface area contributed by atoms with E-state index >= 15 is 0 Å². The second-order valence-corrected chi connectivity index (χ2v) is 8.55. The average Bonchev–Trinajstić information content (AvgIpc) is 2.66. The molecular formula is C21H28N2O4S. The van der Waals surface area contributed by atoms with Crippen molar-refractivity contribution in [2.24, 2.45) is 0 Å². The Kier molecular flexibility index (Phi) is 7.21. The molecule has 2 rings (SSSR count). The number of carbonyl (C=O) groups excluding carboxylic acids is 1. The Morgan fingerprint density at radius 1 is 1.04 bits per heavy atom. The van der Waals surface area contributed by atoms with Gasteiger partial charge in [-0.15, -0.1) is 0 Å². The third kappa shape index (κ3) is 5.11. The molecule has 0 radical (unpaired) electrons. The highest BCUT2D eigenvalue weighted by Gasteiger charge is 2.21. The van der Waals surface area contributed by atoms with Crippen LogP contribution in [-0.4, -0.2) is 37.8 Å². The third-order valence-corrected chi connectivity index (χ3v) is 6.69. The van der Waals surface area contributed by atoms with Crippen LogP contribution in [0.2, 0.25) is 0 Å². The maximum atomic E-state index is 12.5. The summed E-state index contributed by atoms with van der Waals surface area (Å²) < 4.78 is 32.1. The van der Waals surface area contributed by atoms with E-state index in [1.807, 2.05) is 32.0 Å². The summed E-state index contributed by atoms with van der Waals surface area (Å²) >= 11 is 0. The van der Waals surface area contributed by atoms with Gasteiger partial charge in [-0.2, -0.15) is 4.31 Å². The summed E-state index contributed by atoms with van der Waals surface area (Å²) in [6.45, 7) is 10.1. The molecule has 0 aromatic heterocycles. The summed E-state index contributed by atoms with van der Waals surface area (Å²) in [6.07, 6.45) is -0.693. The van der Waals surface area contributed by atoms with Gasteiger partial charge in [-0.05, 0) is 68.3 Å². The lowest BCUT2D eigenvalue weighted by Crippen LogP contribution is -2.31. The van der Waals surface area contributed by atoms with Crippen molar-refractivity contribution in [1.82, 2.24) is 4.31 Å². The summed E-state index contributed by atoms with van der Waals surface area (Å²) in [5.74, 6) is 0.323. The van der Waals surface area contributed by atoms with Crippen molar-refractivity contribution in [2.75, 3.05) is 18.4 Å². The van der Waals surface area contributed by atoms with Gasteiger partial charge >= 0.3 is 0 Å². The highest BCUT2D eigenvalue weighted by Crippen LogP contribution is 2.20. The van der Waals surface area contributed by atoms with E-state index in [2.05, 4.69) is 5.32 Å². The van der Waals surface area contributed by atoms with E-state index in [9.17, 15) is 13.2 Å². The van der Waals surface area contributed by atoms with E-state index in [-0.39, 0.29) is 10.8 Å². The molecule has 1 unspecified atom stereocenters. The quantitative estimate of drug-likeness (QED) is 0.727. The number of nitrogens with one attached hydrogen (secondary N) is 1. The topological polar surface area (TPSA) is 75.7 Å². The number of nitrogens with zero attached hydrogens (tertiary/aromatic N) is 1. The number of aryl methyl sites for hydroxylation is 2. The molecule has 1 N–H and O–H groups in total. The molecule has 0 saturated carbocycles. The summed E-state index contributed by atoms with van der Waals surface area (Å²) in [5, 5.41) is 2.75. The first-order valence-corrected chi connectivity index (χ1v) is 10.8. The van der Waals surface area contributed by atoms with Crippen molar-refractivity contribution >= 4 is 21.6 Å². The fraction of sp³-hybridized carbons (Fsp3) is 0.381. The number of rotatable bonds is 8. The van der Waals surface area contributed by atoms with Crippen LogP contribution in [0.1, 0.15) is 31.9 Å². The number of benzene rings is 2. The van der Waals surface area contributed by atoms with Crippen molar-refractivity contribution in [3.05, 3.63) is 53.6 Å².